The second kappa shape index (κ2) is 6.72. The van der Waals surface area contributed by atoms with Gasteiger partial charge in [0.2, 0.25) is 11.7 Å². The standard InChI is InChI=1S/C14H18ClN3O2/c1-3-14-17-13(18-20-14)8-19-12-6-4-5-11(15)10(12)7-9(2)16/h4-6,9H,3,7-8,16H2,1-2H3. The molecule has 0 saturated heterocycles. The SMILES string of the molecule is CCc1nc(COc2cccc(Cl)c2CC(C)N)no1. The third kappa shape index (κ3) is 3.71. The largest absolute Gasteiger partial charge is 0.485 e. The Morgan fingerprint density at radius 2 is 2.25 bits per heavy atom. The average molecular weight is 296 g/mol. The van der Waals surface area contributed by atoms with Crippen LogP contribution in [0.25, 0.3) is 0 Å². The Bertz CT molecular complexity index is 569. The number of aromatic nitrogens is 2. The molecule has 6 heteroatoms. The first kappa shape index (κ1) is 14.8. The minimum absolute atomic E-state index is 0.00844. The number of hydrogen-bond acceptors (Lipinski definition) is 5. The molecule has 0 fully saturated rings. The molecule has 0 saturated carbocycles. The molecule has 1 aromatic carbocycles. The van der Waals surface area contributed by atoms with Crippen LogP contribution >= 0.6 is 11.6 Å². The minimum atomic E-state index is 0.00844. The Balaban J connectivity index is 2.10. The highest BCUT2D eigenvalue weighted by Gasteiger charge is 2.12. The van der Waals surface area contributed by atoms with Gasteiger partial charge in [0.25, 0.3) is 0 Å². The molecule has 2 N–H and O–H groups in total. The van der Waals surface area contributed by atoms with Crippen molar-refractivity contribution in [3.05, 3.63) is 40.5 Å². The predicted octanol–water partition coefficient (Wildman–Crippen LogP) is 2.75. The summed E-state index contributed by atoms with van der Waals surface area (Å²) in [5, 5.41) is 4.50. The first-order valence-corrected chi connectivity index (χ1v) is 6.95. The molecule has 108 valence electrons. The molecule has 0 bridgehead atoms. The molecule has 2 aromatic rings. The van der Waals surface area contributed by atoms with E-state index < -0.39 is 0 Å². The maximum atomic E-state index is 6.20. The zero-order valence-corrected chi connectivity index (χ0v) is 12.4. The third-order valence-electron chi connectivity index (χ3n) is 2.77. The van der Waals surface area contributed by atoms with Crippen LogP contribution in [0.3, 0.4) is 0 Å². The summed E-state index contributed by atoms with van der Waals surface area (Å²) in [6.45, 7) is 4.13. The lowest BCUT2D eigenvalue weighted by molar-refractivity contribution is 0.282. The third-order valence-corrected chi connectivity index (χ3v) is 3.13. The van der Waals surface area contributed by atoms with Crippen LogP contribution in [0.2, 0.25) is 5.02 Å². The quantitative estimate of drug-likeness (QED) is 0.887. The second-order valence-corrected chi connectivity index (χ2v) is 5.05. The molecule has 5 nitrogen and oxygen atoms in total. The van der Waals surface area contributed by atoms with Crippen LogP contribution in [0.1, 0.15) is 31.1 Å². The van der Waals surface area contributed by atoms with E-state index in [2.05, 4.69) is 10.1 Å². The number of hydrogen-bond donors (Lipinski definition) is 1. The van der Waals surface area contributed by atoms with Gasteiger partial charge in [0.15, 0.2) is 6.61 Å². The highest BCUT2D eigenvalue weighted by molar-refractivity contribution is 6.31. The van der Waals surface area contributed by atoms with Crippen LogP contribution in [0, 0.1) is 0 Å². The summed E-state index contributed by atoms with van der Waals surface area (Å²) in [6.07, 6.45) is 1.36. The van der Waals surface area contributed by atoms with Crippen molar-refractivity contribution in [2.45, 2.75) is 39.3 Å². The van der Waals surface area contributed by atoms with Crippen LogP contribution in [-0.2, 0) is 19.4 Å². The first-order chi connectivity index (χ1) is 9.60. The van der Waals surface area contributed by atoms with E-state index in [0.717, 1.165) is 5.56 Å². The topological polar surface area (TPSA) is 74.2 Å². The Morgan fingerprint density at radius 1 is 1.45 bits per heavy atom. The highest BCUT2D eigenvalue weighted by atomic mass is 35.5. The second-order valence-electron chi connectivity index (χ2n) is 4.64. The molecule has 0 spiro atoms. The van der Waals surface area contributed by atoms with Gasteiger partial charge >= 0.3 is 0 Å². The van der Waals surface area contributed by atoms with Crippen molar-refractivity contribution in [1.29, 1.82) is 0 Å². The lowest BCUT2D eigenvalue weighted by Gasteiger charge is -2.13. The maximum Gasteiger partial charge on any atom is 0.226 e. The van der Waals surface area contributed by atoms with E-state index in [1.807, 2.05) is 32.0 Å². The number of nitrogens with zero attached hydrogens (tertiary/aromatic N) is 2. The number of rotatable bonds is 6. The van der Waals surface area contributed by atoms with Gasteiger partial charge in [-0.3, -0.25) is 0 Å². The highest BCUT2D eigenvalue weighted by Crippen LogP contribution is 2.28. The number of halogens is 1. The average Bonchev–Trinajstić information content (AvgIpc) is 2.87. The van der Waals surface area contributed by atoms with E-state index in [0.29, 0.717) is 35.3 Å². The maximum absolute atomic E-state index is 6.20. The Labute approximate surface area is 123 Å². The number of ether oxygens (including phenoxy) is 1. The summed E-state index contributed by atoms with van der Waals surface area (Å²) >= 11 is 6.20. The summed E-state index contributed by atoms with van der Waals surface area (Å²) in [5.74, 6) is 1.83. The molecule has 1 atom stereocenters. The lowest BCUT2D eigenvalue weighted by atomic mass is 10.1. The first-order valence-electron chi connectivity index (χ1n) is 6.57. The molecule has 20 heavy (non-hydrogen) atoms. The molecule has 1 heterocycles. The summed E-state index contributed by atoms with van der Waals surface area (Å²) in [7, 11) is 0. The van der Waals surface area contributed by atoms with E-state index in [-0.39, 0.29) is 12.6 Å². The van der Waals surface area contributed by atoms with Gasteiger partial charge in [0.1, 0.15) is 5.75 Å². The van der Waals surface area contributed by atoms with Gasteiger partial charge in [-0.1, -0.05) is 29.7 Å². The van der Waals surface area contributed by atoms with Crippen molar-refractivity contribution < 1.29 is 9.26 Å². The monoisotopic (exact) mass is 295 g/mol. The van der Waals surface area contributed by atoms with Gasteiger partial charge in [0.05, 0.1) is 0 Å². The lowest BCUT2D eigenvalue weighted by Crippen LogP contribution is -2.18. The van der Waals surface area contributed by atoms with Crippen LogP contribution in [0.15, 0.2) is 22.7 Å². The minimum Gasteiger partial charge on any atom is -0.485 e. The van der Waals surface area contributed by atoms with Gasteiger partial charge in [0, 0.05) is 23.0 Å². The fraction of sp³-hybridized carbons (Fsp3) is 0.429. The van der Waals surface area contributed by atoms with Crippen molar-refractivity contribution in [1.82, 2.24) is 10.1 Å². The number of nitrogens with two attached hydrogens (primary N) is 1. The molecule has 0 amide bonds. The number of benzene rings is 1. The molecule has 1 aromatic heterocycles. The summed E-state index contributed by atoms with van der Waals surface area (Å²) < 4.78 is 10.8. The molecule has 0 aliphatic heterocycles. The molecule has 0 radical (unpaired) electrons. The van der Waals surface area contributed by atoms with Gasteiger partial charge in [-0.2, -0.15) is 4.98 Å². The molecular formula is C14H18ClN3O2. The van der Waals surface area contributed by atoms with Crippen molar-refractivity contribution in [3.63, 3.8) is 0 Å². The molecule has 0 aliphatic rings. The normalized spacial score (nSPS) is 12.4. The summed E-state index contributed by atoms with van der Waals surface area (Å²) in [6, 6.07) is 5.55. The van der Waals surface area contributed by atoms with Crippen molar-refractivity contribution in [3.8, 4) is 5.75 Å². The summed E-state index contributed by atoms with van der Waals surface area (Å²) in [5.41, 5.74) is 6.74. The fourth-order valence-electron chi connectivity index (χ4n) is 1.83. The zero-order valence-electron chi connectivity index (χ0n) is 11.6. The van der Waals surface area contributed by atoms with E-state index in [1.54, 1.807) is 0 Å². The van der Waals surface area contributed by atoms with Crippen molar-refractivity contribution in [2.24, 2.45) is 5.73 Å². The number of aryl methyl sites for hydroxylation is 1. The molecule has 2 rings (SSSR count). The van der Waals surface area contributed by atoms with Crippen molar-refractivity contribution >= 4 is 11.6 Å². The smallest absolute Gasteiger partial charge is 0.226 e. The van der Waals surface area contributed by atoms with Crippen LogP contribution < -0.4 is 10.5 Å². The van der Waals surface area contributed by atoms with Gasteiger partial charge in [-0.05, 0) is 25.5 Å². The zero-order chi connectivity index (χ0) is 14.5. The van der Waals surface area contributed by atoms with Crippen LogP contribution in [0.5, 0.6) is 5.75 Å². The summed E-state index contributed by atoms with van der Waals surface area (Å²) in [4.78, 5) is 4.20. The van der Waals surface area contributed by atoms with E-state index in [9.17, 15) is 0 Å². The Hall–Kier alpha value is -1.59. The molecule has 0 aliphatic carbocycles. The predicted molar refractivity (Wildman–Crippen MR) is 76.8 cm³/mol. The Kier molecular flexibility index (Phi) is 4.98. The molecular weight excluding hydrogens is 278 g/mol. The van der Waals surface area contributed by atoms with Gasteiger partial charge < -0.3 is 15.0 Å². The van der Waals surface area contributed by atoms with E-state index >= 15 is 0 Å². The fourth-order valence-corrected chi connectivity index (χ4v) is 2.07. The van der Waals surface area contributed by atoms with E-state index in [4.69, 9.17) is 26.6 Å². The van der Waals surface area contributed by atoms with Gasteiger partial charge in [-0.25, -0.2) is 0 Å². The van der Waals surface area contributed by atoms with Crippen LogP contribution in [-0.4, -0.2) is 16.2 Å². The van der Waals surface area contributed by atoms with Crippen molar-refractivity contribution in [2.75, 3.05) is 0 Å². The molecule has 1 unspecified atom stereocenters. The van der Waals surface area contributed by atoms with E-state index in [1.165, 1.54) is 0 Å². The van der Waals surface area contributed by atoms with Gasteiger partial charge in [-0.15, -0.1) is 0 Å². The van der Waals surface area contributed by atoms with Crippen LogP contribution in [0.4, 0.5) is 0 Å². The Morgan fingerprint density at radius 3 is 2.90 bits per heavy atom.